The molecule has 0 saturated carbocycles. The Bertz CT molecular complexity index is 343. The number of rotatable bonds is 1. The van der Waals surface area contributed by atoms with Crippen molar-refractivity contribution in [2.24, 2.45) is 0 Å². The van der Waals surface area contributed by atoms with Crippen LogP contribution in [0, 0.1) is 0 Å². The lowest BCUT2D eigenvalue weighted by Crippen LogP contribution is -2.22. The molecule has 4 heteroatoms. The van der Waals surface area contributed by atoms with Crippen LogP contribution in [0.15, 0.2) is 22.7 Å². The van der Waals surface area contributed by atoms with Gasteiger partial charge < -0.3 is 15.7 Å². The molecule has 3 nitrogen and oxygen atoms in total. The van der Waals surface area contributed by atoms with E-state index in [4.69, 9.17) is 5.73 Å². The van der Waals surface area contributed by atoms with Crippen LogP contribution >= 0.6 is 15.9 Å². The lowest BCUT2D eigenvalue weighted by molar-refractivity contribution is 0.198. The van der Waals surface area contributed by atoms with Gasteiger partial charge in [0.25, 0.3) is 0 Å². The minimum atomic E-state index is -0.210. The van der Waals surface area contributed by atoms with Crippen LogP contribution < -0.4 is 10.6 Å². The van der Waals surface area contributed by atoms with Crippen LogP contribution in [0.3, 0.4) is 0 Å². The van der Waals surface area contributed by atoms with E-state index in [1.165, 1.54) is 0 Å². The van der Waals surface area contributed by atoms with E-state index in [0.29, 0.717) is 6.54 Å². The summed E-state index contributed by atoms with van der Waals surface area (Å²) in [5.74, 6) is 0. The lowest BCUT2D eigenvalue weighted by Gasteiger charge is -2.19. The Hall–Kier alpha value is -0.740. The molecule has 1 aliphatic rings. The van der Waals surface area contributed by atoms with E-state index < -0.39 is 0 Å². The Kier molecular flexibility index (Phi) is 2.65. The molecule has 3 N–H and O–H groups in total. The van der Waals surface area contributed by atoms with Crippen LogP contribution in [-0.4, -0.2) is 24.3 Å². The number of hydrogen-bond donors (Lipinski definition) is 2. The summed E-state index contributed by atoms with van der Waals surface area (Å²) in [7, 11) is 0. The normalized spacial score (nSPS) is 21.6. The number of nitrogens with two attached hydrogens (primary N) is 1. The second-order valence-electron chi connectivity index (χ2n) is 3.59. The highest BCUT2D eigenvalue weighted by Crippen LogP contribution is 2.29. The van der Waals surface area contributed by atoms with Crippen LogP contribution in [0.1, 0.15) is 6.42 Å². The van der Waals surface area contributed by atoms with Crippen molar-refractivity contribution in [2.45, 2.75) is 12.5 Å². The standard InChI is InChI=1S/C10H13BrN2O/c11-7-1-2-10(9(12)5-7)13-4-3-8(14)6-13/h1-2,5,8,14H,3-4,6,12H2/t8-/m1/s1. The summed E-state index contributed by atoms with van der Waals surface area (Å²) in [5, 5.41) is 9.41. The van der Waals surface area contributed by atoms with Gasteiger partial charge in [0.2, 0.25) is 0 Å². The van der Waals surface area contributed by atoms with Crippen LogP contribution in [-0.2, 0) is 0 Å². The van der Waals surface area contributed by atoms with Gasteiger partial charge in [-0.15, -0.1) is 0 Å². The maximum absolute atomic E-state index is 9.41. The Morgan fingerprint density at radius 2 is 2.29 bits per heavy atom. The first-order valence-electron chi connectivity index (χ1n) is 4.65. The molecule has 1 saturated heterocycles. The van der Waals surface area contributed by atoms with Crippen molar-refractivity contribution in [1.29, 1.82) is 0 Å². The summed E-state index contributed by atoms with van der Waals surface area (Å²) in [4.78, 5) is 2.12. The first-order chi connectivity index (χ1) is 6.66. The van der Waals surface area contributed by atoms with E-state index in [9.17, 15) is 5.11 Å². The number of nitrogens with zero attached hydrogens (tertiary/aromatic N) is 1. The number of hydrogen-bond acceptors (Lipinski definition) is 3. The summed E-state index contributed by atoms with van der Waals surface area (Å²) >= 11 is 3.37. The van der Waals surface area contributed by atoms with Crippen molar-refractivity contribution >= 4 is 27.3 Å². The van der Waals surface area contributed by atoms with Gasteiger partial charge in [0.1, 0.15) is 0 Å². The minimum absolute atomic E-state index is 0.210. The third kappa shape index (κ3) is 1.86. The molecule has 1 aromatic rings. The third-order valence-corrected chi connectivity index (χ3v) is 2.99. The summed E-state index contributed by atoms with van der Waals surface area (Å²) in [5.41, 5.74) is 7.67. The van der Waals surface area contributed by atoms with Crippen molar-refractivity contribution < 1.29 is 5.11 Å². The Labute approximate surface area is 91.6 Å². The van der Waals surface area contributed by atoms with Crippen molar-refractivity contribution in [1.82, 2.24) is 0 Å². The van der Waals surface area contributed by atoms with Gasteiger partial charge >= 0.3 is 0 Å². The third-order valence-electron chi connectivity index (χ3n) is 2.49. The molecule has 0 bridgehead atoms. The SMILES string of the molecule is Nc1cc(Br)ccc1N1CC[C@@H](O)C1. The number of aliphatic hydroxyl groups excluding tert-OH is 1. The van der Waals surface area contributed by atoms with Gasteiger partial charge in [0.15, 0.2) is 0 Å². The number of aliphatic hydroxyl groups is 1. The monoisotopic (exact) mass is 256 g/mol. The van der Waals surface area contributed by atoms with E-state index in [2.05, 4.69) is 20.8 Å². The van der Waals surface area contributed by atoms with E-state index in [-0.39, 0.29) is 6.10 Å². The molecule has 0 radical (unpaired) electrons. The number of β-amino-alcohol motifs (C(OH)–C–C–N with tert-alkyl or cyclic N) is 1. The topological polar surface area (TPSA) is 49.5 Å². The maximum Gasteiger partial charge on any atom is 0.0731 e. The average molecular weight is 257 g/mol. The van der Waals surface area contributed by atoms with Crippen molar-refractivity contribution in [3.63, 3.8) is 0 Å². The molecular weight excluding hydrogens is 244 g/mol. The van der Waals surface area contributed by atoms with Gasteiger partial charge in [-0.05, 0) is 24.6 Å². The van der Waals surface area contributed by atoms with Crippen molar-refractivity contribution in [3.05, 3.63) is 22.7 Å². The summed E-state index contributed by atoms with van der Waals surface area (Å²) < 4.78 is 0.985. The van der Waals surface area contributed by atoms with Crippen molar-refractivity contribution in [2.75, 3.05) is 23.7 Å². The van der Waals surface area contributed by atoms with Crippen LogP contribution in [0.4, 0.5) is 11.4 Å². The van der Waals surface area contributed by atoms with E-state index in [1.54, 1.807) is 0 Å². The smallest absolute Gasteiger partial charge is 0.0731 e. The quantitative estimate of drug-likeness (QED) is 0.751. The number of anilines is 2. The van der Waals surface area contributed by atoms with E-state index >= 15 is 0 Å². The first-order valence-corrected chi connectivity index (χ1v) is 5.44. The molecule has 0 spiro atoms. The number of benzene rings is 1. The zero-order valence-corrected chi connectivity index (χ0v) is 9.37. The fourth-order valence-electron chi connectivity index (χ4n) is 1.77. The molecule has 2 rings (SSSR count). The highest BCUT2D eigenvalue weighted by molar-refractivity contribution is 9.10. The Balaban J connectivity index is 2.24. The molecule has 0 aromatic heterocycles. The lowest BCUT2D eigenvalue weighted by atomic mass is 10.2. The van der Waals surface area contributed by atoms with Crippen LogP contribution in [0.5, 0.6) is 0 Å². The van der Waals surface area contributed by atoms with Gasteiger partial charge in [-0.2, -0.15) is 0 Å². The minimum Gasteiger partial charge on any atom is -0.397 e. The Morgan fingerprint density at radius 1 is 1.50 bits per heavy atom. The highest BCUT2D eigenvalue weighted by Gasteiger charge is 2.21. The Morgan fingerprint density at radius 3 is 2.86 bits per heavy atom. The van der Waals surface area contributed by atoms with Gasteiger partial charge in [-0.25, -0.2) is 0 Å². The fourth-order valence-corrected chi connectivity index (χ4v) is 2.15. The predicted molar refractivity (Wildman–Crippen MR) is 61.4 cm³/mol. The summed E-state index contributed by atoms with van der Waals surface area (Å²) in [6.07, 6.45) is 0.619. The molecule has 1 aliphatic heterocycles. The van der Waals surface area contributed by atoms with Crippen LogP contribution in [0.2, 0.25) is 0 Å². The van der Waals surface area contributed by atoms with Gasteiger partial charge in [-0.1, -0.05) is 15.9 Å². The maximum atomic E-state index is 9.41. The molecule has 1 atom stereocenters. The summed E-state index contributed by atoms with van der Waals surface area (Å²) in [6, 6.07) is 5.84. The van der Waals surface area contributed by atoms with E-state index in [0.717, 1.165) is 28.8 Å². The highest BCUT2D eigenvalue weighted by atomic mass is 79.9. The molecule has 1 aromatic carbocycles. The first kappa shape index (κ1) is 9.80. The molecule has 76 valence electrons. The molecule has 0 unspecified atom stereocenters. The largest absolute Gasteiger partial charge is 0.397 e. The molecule has 0 aliphatic carbocycles. The van der Waals surface area contributed by atoms with Gasteiger partial charge in [0.05, 0.1) is 17.5 Å². The molecule has 0 amide bonds. The zero-order valence-electron chi connectivity index (χ0n) is 7.78. The van der Waals surface area contributed by atoms with E-state index in [1.807, 2.05) is 18.2 Å². The van der Waals surface area contributed by atoms with Crippen molar-refractivity contribution in [3.8, 4) is 0 Å². The zero-order chi connectivity index (χ0) is 10.1. The molecule has 1 fully saturated rings. The second kappa shape index (κ2) is 3.79. The molecular formula is C10H13BrN2O. The molecule has 1 heterocycles. The summed E-state index contributed by atoms with van der Waals surface area (Å²) in [6.45, 7) is 1.57. The fraction of sp³-hybridized carbons (Fsp3) is 0.400. The number of nitrogen functional groups attached to an aromatic ring is 1. The van der Waals surface area contributed by atoms with Gasteiger partial charge in [-0.3, -0.25) is 0 Å². The van der Waals surface area contributed by atoms with Crippen LogP contribution in [0.25, 0.3) is 0 Å². The predicted octanol–water partition coefficient (Wildman–Crippen LogP) is 1.60. The average Bonchev–Trinajstić information content (AvgIpc) is 2.51. The molecule has 14 heavy (non-hydrogen) atoms. The van der Waals surface area contributed by atoms with Gasteiger partial charge in [0, 0.05) is 17.6 Å². The second-order valence-corrected chi connectivity index (χ2v) is 4.51. The number of halogens is 1.